The van der Waals surface area contributed by atoms with E-state index in [1.54, 1.807) is 7.11 Å². The molecule has 0 amide bonds. The van der Waals surface area contributed by atoms with Crippen LogP contribution in [0.3, 0.4) is 0 Å². The van der Waals surface area contributed by atoms with Crippen LogP contribution >= 0.6 is 0 Å². The summed E-state index contributed by atoms with van der Waals surface area (Å²) in [5.41, 5.74) is 2.39. The van der Waals surface area contributed by atoms with Gasteiger partial charge in [0.2, 0.25) is 0 Å². The fourth-order valence-electron chi connectivity index (χ4n) is 2.49. The minimum absolute atomic E-state index is 0.163. The molecule has 22 heavy (non-hydrogen) atoms. The maximum atomic E-state index is 6.03. The molecule has 0 unspecified atom stereocenters. The number of benzene rings is 1. The van der Waals surface area contributed by atoms with E-state index in [9.17, 15) is 0 Å². The van der Waals surface area contributed by atoms with Gasteiger partial charge < -0.3 is 24.4 Å². The highest BCUT2D eigenvalue weighted by molar-refractivity contribution is 5.60. The molecule has 0 saturated carbocycles. The van der Waals surface area contributed by atoms with Gasteiger partial charge in [-0.25, -0.2) is 0 Å². The predicted molar refractivity (Wildman–Crippen MR) is 88.8 cm³/mol. The molecule has 0 aliphatic carbocycles. The van der Waals surface area contributed by atoms with Gasteiger partial charge in [-0.2, -0.15) is 0 Å². The van der Waals surface area contributed by atoms with Gasteiger partial charge in [0, 0.05) is 33.3 Å². The van der Waals surface area contributed by atoms with Crippen LogP contribution in [0.25, 0.3) is 0 Å². The Morgan fingerprint density at radius 3 is 2.73 bits per heavy atom. The van der Waals surface area contributed by atoms with E-state index in [1.807, 2.05) is 0 Å². The molecule has 124 valence electrons. The first-order chi connectivity index (χ1) is 10.7. The summed E-state index contributed by atoms with van der Waals surface area (Å²) in [5, 5.41) is 3.37. The van der Waals surface area contributed by atoms with Crippen molar-refractivity contribution in [1.29, 1.82) is 0 Å². The zero-order valence-electron chi connectivity index (χ0n) is 13.9. The number of anilines is 1. The molecular weight excluding hydrogens is 280 g/mol. The lowest BCUT2D eigenvalue weighted by atomic mass is 10.1. The van der Waals surface area contributed by atoms with Crippen LogP contribution in [0.5, 0.6) is 5.75 Å². The molecule has 1 aliphatic heterocycles. The standard InChI is InChI=1S/C17H28N2O3/c1-14(2)22-17-12-15(13-18-6-9-20-3)4-5-16(17)19-7-10-21-11-8-19/h4-5,12,14,18H,6-11,13H2,1-3H3. The predicted octanol–water partition coefficient (Wildman–Crippen LogP) is 2.05. The smallest absolute Gasteiger partial charge is 0.143 e. The van der Waals surface area contributed by atoms with Crippen LogP contribution in [0.2, 0.25) is 0 Å². The number of rotatable bonds is 8. The molecule has 5 nitrogen and oxygen atoms in total. The van der Waals surface area contributed by atoms with E-state index in [-0.39, 0.29) is 6.10 Å². The van der Waals surface area contributed by atoms with Gasteiger partial charge in [0.15, 0.2) is 0 Å². The van der Waals surface area contributed by atoms with Gasteiger partial charge >= 0.3 is 0 Å². The zero-order chi connectivity index (χ0) is 15.8. The number of hydrogen-bond donors (Lipinski definition) is 1. The average molecular weight is 308 g/mol. The molecule has 1 N–H and O–H groups in total. The Morgan fingerprint density at radius 2 is 2.05 bits per heavy atom. The molecule has 0 radical (unpaired) electrons. The van der Waals surface area contributed by atoms with Gasteiger partial charge in [-0.1, -0.05) is 6.07 Å². The Balaban J connectivity index is 2.07. The zero-order valence-corrected chi connectivity index (χ0v) is 13.9. The Morgan fingerprint density at radius 1 is 1.27 bits per heavy atom. The van der Waals surface area contributed by atoms with Crippen molar-refractivity contribution < 1.29 is 14.2 Å². The fourth-order valence-corrected chi connectivity index (χ4v) is 2.49. The van der Waals surface area contributed by atoms with E-state index in [1.165, 1.54) is 5.56 Å². The third-order valence-electron chi connectivity index (χ3n) is 3.55. The quantitative estimate of drug-likeness (QED) is 0.745. The maximum absolute atomic E-state index is 6.03. The Labute approximate surface area is 133 Å². The Bertz CT molecular complexity index is 446. The molecule has 1 fully saturated rings. The van der Waals surface area contributed by atoms with Crippen molar-refractivity contribution in [3.8, 4) is 5.75 Å². The van der Waals surface area contributed by atoms with E-state index in [0.717, 1.165) is 57.4 Å². The minimum atomic E-state index is 0.163. The van der Waals surface area contributed by atoms with Crippen molar-refractivity contribution >= 4 is 5.69 Å². The molecule has 0 atom stereocenters. The highest BCUT2D eigenvalue weighted by Crippen LogP contribution is 2.31. The number of morpholine rings is 1. The van der Waals surface area contributed by atoms with Gasteiger partial charge in [0.05, 0.1) is 31.6 Å². The van der Waals surface area contributed by atoms with Crippen LogP contribution in [-0.4, -0.2) is 52.7 Å². The lowest BCUT2D eigenvalue weighted by molar-refractivity contribution is 0.122. The second kappa shape index (κ2) is 8.98. The number of methoxy groups -OCH3 is 1. The molecule has 1 saturated heterocycles. The van der Waals surface area contributed by atoms with Gasteiger partial charge in [0.25, 0.3) is 0 Å². The maximum Gasteiger partial charge on any atom is 0.143 e. The third-order valence-corrected chi connectivity index (χ3v) is 3.55. The summed E-state index contributed by atoms with van der Waals surface area (Å²) in [6.45, 7) is 9.91. The second-order valence-electron chi connectivity index (χ2n) is 5.74. The summed E-state index contributed by atoms with van der Waals surface area (Å²) in [6.07, 6.45) is 0.163. The summed E-state index contributed by atoms with van der Waals surface area (Å²) >= 11 is 0. The van der Waals surface area contributed by atoms with Crippen LogP contribution in [-0.2, 0) is 16.0 Å². The number of nitrogens with zero attached hydrogens (tertiary/aromatic N) is 1. The summed E-state index contributed by atoms with van der Waals surface area (Å²) in [7, 11) is 1.72. The molecule has 0 bridgehead atoms. The molecule has 1 aromatic carbocycles. The third kappa shape index (κ3) is 5.16. The molecule has 5 heteroatoms. The second-order valence-corrected chi connectivity index (χ2v) is 5.74. The lowest BCUT2D eigenvalue weighted by Crippen LogP contribution is -2.36. The van der Waals surface area contributed by atoms with Gasteiger partial charge in [0.1, 0.15) is 5.75 Å². The summed E-state index contributed by atoms with van der Waals surface area (Å²) in [6, 6.07) is 6.47. The molecule has 2 rings (SSSR count). The first-order valence-electron chi connectivity index (χ1n) is 8.02. The van der Waals surface area contributed by atoms with E-state index in [4.69, 9.17) is 14.2 Å². The minimum Gasteiger partial charge on any atom is -0.489 e. The number of ether oxygens (including phenoxy) is 3. The Hall–Kier alpha value is -1.30. The lowest BCUT2D eigenvalue weighted by Gasteiger charge is -2.31. The van der Waals surface area contributed by atoms with E-state index >= 15 is 0 Å². The topological polar surface area (TPSA) is 43.0 Å². The van der Waals surface area contributed by atoms with Crippen LogP contribution < -0.4 is 15.0 Å². The van der Waals surface area contributed by atoms with E-state index in [0.29, 0.717) is 0 Å². The summed E-state index contributed by atoms with van der Waals surface area (Å²) in [5.74, 6) is 0.961. The number of nitrogens with one attached hydrogen (secondary N) is 1. The van der Waals surface area contributed by atoms with Crippen molar-refractivity contribution in [2.45, 2.75) is 26.5 Å². The van der Waals surface area contributed by atoms with Gasteiger partial charge in [-0.3, -0.25) is 0 Å². The first-order valence-corrected chi connectivity index (χ1v) is 8.02. The monoisotopic (exact) mass is 308 g/mol. The molecule has 0 aromatic heterocycles. The summed E-state index contributed by atoms with van der Waals surface area (Å²) < 4.78 is 16.5. The molecule has 0 spiro atoms. The van der Waals surface area contributed by atoms with Crippen molar-refractivity contribution in [3.05, 3.63) is 23.8 Å². The molecule has 1 aliphatic rings. The molecule has 1 heterocycles. The van der Waals surface area contributed by atoms with Gasteiger partial charge in [-0.05, 0) is 31.5 Å². The van der Waals surface area contributed by atoms with Crippen molar-refractivity contribution in [1.82, 2.24) is 5.32 Å². The SMILES string of the molecule is COCCNCc1ccc(N2CCOCC2)c(OC(C)C)c1. The van der Waals surface area contributed by atoms with Crippen LogP contribution in [0.1, 0.15) is 19.4 Å². The van der Waals surface area contributed by atoms with Crippen LogP contribution in [0.15, 0.2) is 18.2 Å². The summed E-state index contributed by atoms with van der Waals surface area (Å²) in [4.78, 5) is 2.34. The largest absolute Gasteiger partial charge is 0.489 e. The fraction of sp³-hybridized carbons (Fsp3) is 0.647. The van der Waals surface area contributed by atoms with Gasteiger partial charge in [-0.15, -0.1) is 0 Å². The normalized spacial score (nSPS) is 15.4. The highest BCUT2D eigenvalue weighted by atomic mass is 16.5. The number of hydrogen-bond acceptors (Lipinski definition) is 5. The molecular formula is C17H28N2O3. The Kier molecular flexibility index (Phi) is 6.96. The van der Waals surface area contributed by atoms with E-state index < -0.39 is 0 Å². The van der Waals surface area contributed by atoms with Crippen molar-refractivity contribution in [2.75, 3.05) is 51.5 Å². The molecule has 1 aromatic rings. The highest BCUT2D eigenvalue weighted by Gasteiger charge is 2.16. The van der Waals surface area contributed by atoms with E-state index in [2.05, 4.69) is 42.3 Å². The van der Waals surface area contributed by atoms with Crippen molar-refractivity contribution in [2.24, 2.45) is 0 Å². The van der Waals surface area contributed by atoms with Crippen molar-refractivity contribution in [3.63, 3.8) is 0 Å². The average Bonchev–Trinajstić information content (AvgIpc) is 2.52. The van der Waals surface area contributed by atoms with Crippen LogP contribution in [0.4, 0.5) is 5.69 Å². The first kappa shape index (κ1) is 17.1. The van der Waals surface area contributed by atoms with Crippen LogP contribution in [0, 0.1) is 0 Å².